The summed E-state index contributed by atoms with van der Waals surface area (Å²) in [4.78, 5) is 16.3. The van der Waals surface area contributed by atoms with Crippen molar-refractivity contribution >= 4 is 39.9 Å². The summed E-state index contributed by atoms with van der Waals surface area (Å²) in [7, 11) is 0. The SMILES string of the molecule is O=C1C(CN2CCOCC2)SC(=S)N1c1ccccc1O. The quantitative estimate of drug-likeness (QED) is 0.850. The Morgan fingerprint density at radius 3 is 2.76 bits per heavy atom. The highest BCUT2D eigenvalue weighted by Gasteiger charge is 2.39. The van der Waals surface area contributed by atoms with E-state index in [2.05, 4.69) is 4.90 Å². The van der Waals surface area contributed by atoms with E-state index in [1.807, 2.05) is 0 Å². The molecule has 2 saturated heterocycles. The molecule has 21 heavy (non-hydrogen) atoms. The smallest absolute Gasteiger partial charge is 0.247 e. The molecule has 3 rings (SSSR count). The molecule has 1 aromatic carbocycles. The first kappa shape index (κ1) is 14.8. The maximum absolute atomic E-state index is 12.6. The molecule has 1 atom stereocenters. The van der Waals surface area contributed by atoms with E-state index in [4.69, 9.17) is 17.0 Å². The van der Waals surface area contributed by atoms with Gasteiger partial charge in [0.2, 0.25) is 5.91 Å². The van der Waals surface area contributed by atoms with Crippen molar-refractivity contribution in [3.63, 3.8) is 0 Å². The van der Waals surface area contributed by atoms with Crippen LogP contribution in [0.3, 0.4) is 0 Å². The van der Waals surface area contributed by atoms with E-state index >= 15 is 0 Å². The number of benzene rings is 1. The van der Waals surface area contributed by atoms with E-state index in [1.54, 1.807) is 24.3 Å². The van der Waals surface area contributed by atoms with E-state index in [-0.39, 0.29) is 16.9 Å². The number of phenols is 1. The molecule has 0 saturated carbocycles. The second kappa shape index (κ2) is 6.31. The topological polar surface area (TPSA) is 53.0 Å². The first-order valence-electron chi connectivity index (χ1n) is 6.79. The Morgan fingerprint density at radius 2 is 2.05 bits per heavy atom. The zero-order chi connectivity index (χ0) is 14.8. The summed E-state index contributed by atoms with van der Waals surface area (Å²) >= 11 is 6.71. The normalized spacial score (nSPS) is 23.8. The van der Waals surface area contributed by atoms with Gasteiger partial charge in [0.05, 0.1) is 18.9 Å². The summed E-state index contributed by atoms with van der Waals surface area (Å²) in [5.74, 6) is 0.0128. The van der Waals surface area contributed by atoms with Crippen molar-refractivity contribution in [2.24, 2.45) is 0 Å². The van der Waals surface area contributed by atoms with Crippen LogP contribution in [0, 0.1) is 0 Å². The highest BCUT2D eigenvalue weighted by Crippen LogP contribution is 2.36. The fourth-order valence-corrected chi connectivity index (χ4v) is 4.03. The van der Waals surface area contributed by atoms with Crippen LogP contribution < -0.4 is 4.90 Å². The van der Waals surface area contributed by atoms with Crippen LogP contribution in [-0.4, -0.2) is 58.3 Å². The van der Waals surface area contributed by atoms with Crippen LogP contribution in [0.25, 0.3) is 0 Å². The Kier molecular flexibility index (Phi) is 4.44. The Balaban J connectivity index is 1.74. The molecule has 2 fully saturated rings. The lowest BCUT2D eigenvalue weighted by atomic mass is 10.2. The number of ether oxygens (including phenoxy) is 1. The largest absolute Gasteiger partial charge is 0.506 e. The molecule has 2 heterocycles. The standard InChI is InChI=1S/C14H16N2O3S2/c17-11-4-2-1-3-10(11)16-13(18)12(21-14(16)20)9-15-5-7-19-8-6-15/h1-4,12,17H,5-9H2. The van der Waals surface area contributed by atoms with Gasteiger partial charge in [-0.15, -0.1) is 0 Å². The third-order valence-corrected chi connectivity index (χ3v) is 5.06. The number of amides is 1. The van der Waals surface area contributed by atoms with Crippen LogP contribution in [-0.2, 0) is 9.53 Å². The molecule has 1 aromatic rings. The molecular weight excluding hydrogens is 308 g/mol. The van der Waals surface area contributed by atoms with Crippen molar-refractivity contribution in [2.75, 3.05) is 37.7 Å². The van der Waals surface area contributed by atoms with E-state index < -0.39 is 0 Å². The summed E-state index contributed by atoms with van der Waals surface area (Å²) in [6, 6.07) is 6.77. The molecule has 2 aliphatic rings. The molecule has 0 radical (unpaired) electrons. The molecule has 1 amide bonds. The number of para-hydroxylation sites is 2. The average molecular weight is 324 g/mol. The van der Waals surface area contributed by atoms with Crippen molar-refractivity contribution < 1.29 is 14.6 Å². The molecule has 112 valence electrons. The summed E-state index contributed by atoms with van der Waals surface area (Å²) in [5.41, 5.74) is 0.462. The molecule has 0 bridgehead atoms. The Labute approximate surface area is 132 Å². The highest BCUT2D eigenvalue weighted by molar-refractivity contribution is 8.25. The number of phenolic OH excluding ortho intramolecular Hbond substituents is 1. The number of thiocarbonyl (C=S) groups is 1. The first-order chi connectivity index (χ1) is 10.2. The molecule has 5 nitrogen and oxygen atoms in total. The number of anilines is 1. The number of carbonyl (C=O) groups is 1. The fourth-order valence-electron chi connectivity index (χ4n) is 2.46. The maximum atomic E-state index is 12.6. The van der Waals surface area contributed by atoms with E-state index in [0.29, 0.717) is 29.8 Å². The van der Waals surface area contributed by atoms with Crippen LogP contribution in [0.15, 0.2) is 24.3 Å². The van der Waals surface area contributed by atoms with Crippen LogP contribution in [0.5, 0.6) is 5.75 Å². The number of nitrogens with zero attached hydrogens (tertiary/aromatic N) is 2. The number of morpholine rings is 1. The minimum Gasteiger partial charge on any atom is -0.506 e. The molecular formula is C14H16N2O3S2. The number of hydrogen-bond donors (Lipinski definition) is 1. The zero-order valence-electron chi connectivity index (χ0n) is 11.4. The average Bonchev–Trinajstić information content (AvgIpc) is 2.76. The predicted octanol–water partition coefficient (Wildman–Crippen LogP) is 1.46. The molecule has 1 unspecified atom stereocenters. The third kappa shape index (κ3) is 3.06. The van der Waals surface area contributed by atoms with Crippen molar-refractivity contribution in [2.45, 2.75) is 5.25 Å². The molecule has 0 spiro atoms. The van der Waals surface area contributed by atoms with Gasteiger partial charge in [-0.2, -0.15) is 0 Å². The number of carbonyl (C=O) groups excluding carboxylic acids is 1. The predicted molar refractivity (Wildman–Crippen MR) is 86.8 cm³/mol. The minimum absolute atomic E-state index is 0.0574. The lowest BCUT2D eigenvalue weighted by Gasteiger charge is -2.27. The second-order valence-corrected chi connectivity index (χ2v) is 6.78. The zero-order valence-corrected chi connectivity index (χ0v) is 13.0. The van der Waals surface area contributed by atoms with Crippen molar-refractivity contribution in [3.8, 4) is 5.75 Å². The maximum Gasteiger partial charge on any atom is 0.247 e. The highest BCUT2D eigenvalue weighted by atomic mass is 32.2. The van der Waals surface area contributed by atoms with Gasteiger partial charge in [0.15, 0.2) is 0 Å². The van der Waals surface area contributed by atoms with Gasteiger partial charge in [-0.25, -0.2) is 0 Å². The van der Waals surface area contributed by atoms with E-state index in [0.717, 1.165) is 13.1 Å². The van der Waals surface area contributed by atoms with Gasteiger partial charge < -0.3 is 9.84 Å². The lowest BCUT2D eigenvalue weighted by Crippen LogP contribution is -2.43. The number of hydrogen-bond acceptors (Lipinski definition) is 6. The van der Waals surface area contributed by atoms with Gasteiger partial charge in [-0.3, -0.25) is 14.6 Å². The van der Waals surface area contributed by atoms with Crippen LogP contribution >= 0.6 is 24.0 Å². The molecule has 0 aromatic heterocycles. The monoisotopic (exact) mass is 324 g/mol. The number of thioether (sulfide) groups is 1. The van der Waals surface area contributed by atoms with Gasteiger partial charge in [0, 0.05) is 19.6 Å². The summed E-state index contributed by atoms with van der Waals surface area (Å²) in [6.07, 6.45) is 0. The first-order valence-corrected chi connectivity index (χ1v) is 8.08. The molecule has 7 heteroatoms. The Morgan fingerprint density at radius 1 is 1.33 bits per heavy atom. The molecule has 0 aliphatic carbocycles. The summed E-state index contributed by atoms with van der Waals surface area (Å²) in [6.45, 7) is 3.76. The fraction of sp³-hybridized carbons (Fsp3) is 0.429. The van der Waals surface area contributed by atoms with Crippen molar-refractivity contribution in [1.29, 1.82) is 0 Å². The van der Waals surface area contributed by atoms with Gasteiger partial charge >= 0.3 is 0 Å². The molecule has 1 N–H and O–H groups in total. The third-order valence-electron chi connectivity index (χ3n) is 3.57. The second-order valence-electron chi connectivity index (χ2n) is 4.95. The van der Waals surface area contributed by atoms with Crippen LogP contribution in [0.1, 0.15) is 0 Å². The summed E-state index contributed by atoms with van der Waals surface area (Å²) < 4.78 is 5.82. The van der Waals surface area contributed by atoms with Crippen LogP contribution in [0.2, 0.25) is 0 Å². The Bertz CT molecular complexity index is 561. The lowest BCUT2D eigenvalue weighted by molar-refractivity contribution is -0.117. The minimum atomic E-state index is -0.213. The molecule has 2 aliphatic heterocycles. The van der Waals surface area contributed by atoms with Crippen molar-refractivity contribution in [3.05, 3.63) is 24.3 Å². The van der Waals surface area contributed by atoms with E-state index in [9.17, 15) is 9.90 Å². The van der Waals surface area contributed by atoms with Crippen molar-refractivity contribution in [1.82, 2.24) is 4.90 Å². The number of aromatic hydroxyl groups is 1. The Hall–Kier alpha value is -1.15. The van der Waals surface area contributed by atoms with E-state index in [1.165, 1.54) is 16.7 Å². The van der Waals surface area contributed by atoms with Gasteiger partial charge in [-0.1, -0.05) is 36.1 Å². The summed E-state index contributed by atoms with van der Waals surface area (Å²) in [5, 5.41) is 9.71. The van der Waals surface area contributed by atoms with Gasteiger partial charge in [0.1, 0.15) is 15.3 Å². The number of rotatable bonds is 3. The van der Waals surface area contributed by atoms with Gasteiger partial charge in [0.25, 0.3) is 0 Å². The van der Waals surface area contributed by atoms with Gasteiger partial charge in [-0.05, 0) is 12.1 Å². The van der Waals surface area contributed by atoms with Crippen LogP contribution in [0.4, 0.5) is 5.69 Å².